The van der Waals surface area contributed by atoms with Crippen molar-refractivity contribution in [2.75, 3.05) is 5.32 Å². The van der Waals surface area contributed by atoms with Crippen LogP contribution in [0, 0.1) is 13.8 Å². The van der Waals surface area contributed by atoms with Crippen LogP contribution in [0.2, 0.25) is 0 Å². The van der Waals surface area contributed by atoms with E-state index in [1.54, 1.807) is 18.2 Å². The number of hydrogen-bond acceptors (Lipinski definition) is 5. The Labute approximate surface area is 169 Å². The number of amides is 1. The molecular weight excluding hydrogens is 388 g/mol. The third-order valence-corrected chi connectivity index (χ3v) is 7.04. The number of sulfone groups is 1. The number of nitrogens with zero attached hydrogens (tertiary/aromatic N) is 1. The molecule has 0 spiro atoms. The van der Waals surface area contributed by atoms with Crippen LogP contribution in [-0.4, -0.2) is 24.5 Å². The summed E-state index contributed by atoms with van der Waals surface area (Å²) in [4.78, 5) is 12.8. The van der Waals surface area contributed by atoms with E-state index in [2.05, 4.69) is 20.8 Å². The first-order chi connectivity index (χ1) is 13.9. The molecule has 3 N–H and O–H groups in total. The lowest BCUT2D eigenvalue weighted by Crippen LogP contribution is -2.24. The zero-order chi connectivity index (χ0) is 20.6. The number of anilines is 1. The predicted molar refractivity (Wildman–Crippen MR) is 110 cm³/mol. The van der Waals surface area contributed by atoms with Gasteiger partial charge in [-0.15, -0.1) is 0 Å². The van der Waals surface area contributed by atoms with E-state index < -0.39 is 15.2 Å². The number of aromatic nitrogens is 2. The molecule has 3 aromatic rings. The summed E-state index contributed by atoms with van der Waals surface area (Å²) >= 11 is 0. The number of benzene rings is 2. The van der Waals surface area contributed by atoms with Crippen molar-refractivity contribution in [1.29, 1.82) is 0 Å². The van der Waals surface area contributed by atoms with Crippen molar-refractivity contribution in [2.45, 2.75) is 37.1 Å². The lowest BCUT2D eigenvalue weighted by atomic mass is 10.1. The Kier molecular flexibility index (Phi) is 4.97. The fourth-order valence-corrected chi connectivity index (χ4v) is 5.30. The molecule has 1 aliphatic heterocycles. The number of carbonyl (C=O) groups is 1. The quantitative estimate of drug-likeness (QED) is 0.600. The van der Waals surface area contributed by atoms with E-state index in [0.717, 1.165) is 16.7 Å². The number of fused-ring (bicyclic) bond motifs is 1. The zero-order valence-electron chi connectivity index (χ0n) is 16.2. The highest BCUT2D eigenvalue weighted by Crippen LogP contribution is 2.37. The molecule has 4 rings (SSSR count). The van der Waals surface area contributed by atoms with E-state index in [1.807, 2.05) is 44.2 Å². The third kappa shape index (κ3) is 3.68. The van der Waals surface area contributed by atoms with Crippen LogP contribution in [0.1, 0.15) is 33.3 Å². The fraction of sp³-hybridized carbons (Fsp3) is 0.238. The maximum absolute atomic E-state index is 13.2. The van der Waals surface area contributed by atoms with E-state index in [9.17, 15) is 13.2 Å². The minimum absolute atomic E-state index is 0.191. The van der Waals surface area contributed by atoms with E-state index in [1.165, 1.54) is 0 Å². The molecule has 29 heavy (non-hydrogen) atoms. The van der Waals surface area contributed by atoms with Crippen LogP contribution in [0.25, 0.3) is 0 Å². The number of nitrogens with one attached hydrogen (secondary N) is 3. The van der Waals surface area contributed by atoms with Gasteiger partial charge in [0.2, 0.25) is 5.91 Å². The van der Waals surface area contributed by atoms with E-state index in [-0.39, 0.29) is 23.0 Å². The first kappa shape index (κ1) is 19.4. The summed E-state index contributed by atoms with van der Waals surface area (Å²) in [5.41, 5.74) is 3.95. The van der Waals surface area contributed by atoms with Gasteiger partial charge in [0.05, 0.1) is 22.6 Å². The monoisotopic (exact) mass is 410 g/mol. The Bertz CT molecular complexity index is 1180. The molecule has 0 bridgehead atoms. The molecule has 1 aromatic heterocycles. The van der Waals surface area contributed by atoms with Gasteiger partial charge in [0.15, 0.2) is 15.7 Å². The molecule has 7 nitrogen and oxygen atoms in total. The van der Waals surface area contributed by atoms with Gasteiger partial charge in [-0.25, -0.2) is 8.42 Å². The Morgan fingerprint density at radius 3 is 2.72 bits per heavy atom. The van der Waals surface area contributed by atoms with E-state index in [4.69, 9.17) is 0 Å². The van der Waals surface area contributed by atoms with Crippen LogP contribution in [0.4, 0.5) is 5.82 Å². The van der Waals surface area contributed by atoms with Crippen LogP contribution in [0.3, 0.4) is 0 Å². The van der Waals surface area contributed by atoms with Gasteiger partial charge in [-0.05, 0) is 42.7 Å². The summed E-state index contributed by atoms with van der Waals surface area (Å²) in [5.74, 6) is 0.0111. The Morgan fingerprint density at radius 1 is 1.17 bits per heavy atom. The second-order valence-electron chi connectivity index (χ2n) is 7.24. The van der Waals surface area contributed by atoms with Gasteiger partial charge in [0.25, 0.3) is 0 Å². The Hall–Kier alpha value is -2.97. The molecule has 2 heterocycles. The van der Waals surface area contributed by atoms with Crippen molar-refractivity contribution < 1.29 is 13.2 Å². The van der Waals surface area contributed by atoms with Gasteiger partial charge in [-0.2, -0.15) is 5.10 Å². The van der Waals surface area contributed by atoms with Crippen LogP contribution in [0.15, 0.2) is 53.4 Å². The topological polar surface area (TPSA) is 104 Å². The highest BCUT2D eigenvalue weighted by atomic mass is 32.2. The predicted octanol–water partition coefficient (Wildman–Crippen LogP) is 2.78. The normalized spacial score (nSPS) is 15.9. The molecule has 1 aliphatic rings. The van der Waals surface area contributed by atoms with Crippen molar-refractivity contribution >= 4 is 21.6 Å². The number of aryl methyl sites for hydroxylation is 2. The molecule has 0 fully saturated rings. The van der Waals surface area contributed by atoms with Crippen LogP contribution >= 0.6 is 0 Å². The maximum Gasteiger partial charge on any atom is 0.230 e. The summed E-state index contributed by atoms with van der Waals surface area (Å²) in [6, 6.07) is 14.4. The number of H-pyrrole nitrogens is 1. The molecule has 150 valence electrons. The standard InChI is InChI=1S/C21H22N4O3S/c1-13-6-5-9-16(10-13)29(27,28)21-19-17(12-22-21)24-25-20(19)23-18(26)11-15-8-4-3-7-14(15)2/h3-10,21-22H,11-12H2,1-2H3,(H2,23,24,25,26). The molecule has 1 unspecified atom stereocenters. The summed E-state index contributed by atoms with van der Waals surface area (Å²) in [5, 5.41) is 11.8. The summed E-state index contributed by atoms with van der Waals surface area (Å²) < 4.78 is 26.4. The molecule has 1 amide bonds. The van der Waals surface area contributed by atoms with Crippen molar-refractivity contribution in [2.24, 2.45) is 0 Å². The summed E-state index contributed by atoms with van der Waals surface area (Å²) in [7, 11) is -3.69. The lowest BCUT2D eigenvalue weighted by Gasteiger charge is -2.15. The number of aromatic amines is 1. The first-order valence-electron chi connectivity index (χ1n) is 9.31. The van der Waals surface area contributed by atoms with Crippen LogP contribution < -0.4 is 10.6 Å². The first-order valence-corrected chi connectivity index (χ1v) is 10.9. The number of rotatable bonds is 5. The van der Waals surface area contributed by atoms with Gasteiger partial charge in [0, 0.05) is 6.54 Å². The van der Waals surface area contributed by atoms with E-state index in [0.29, 0.717) is 17.8 Å². The molecule has 8 heteroatoms. The average Bonchev–Trinajstić information content (AvgIpc) is 3.27. The minimum atomic E-state index is -3.69. The minimum Gasteiger partial charge on any atom is -0.309 e. The third-order valence-electron chi connectivity index (χ3n) is 5.11. The van der Waals surface area contributed by atoms with Gasteiger partial charge >= 0.3 is 0 Å². The highest BCUT2D eigenvalue weighted by Gasteiger charge is 2.38. The maximum atomic E-state index is 13.2. The van der Waals surface area contributed by atoms with Crippen molar-refractivity contribution in [3.63, 3.8) is 0 Å². The molecule has 0 aliphatic carbocycles. The molecule has 1 atom stereocenters. The molecule has 0 radical (unpaired) electrons. The lowest BCUT2D eigenvalue weighted by molar-refractivity contribution is -0.115. The van der Waals surface area contributed by atoms with Crippen molar-refractivity contribution in [3.8, 4) is 0 Å². The van der Waals surface area contributed by atoms with Crippen LogP contribution in [0.5, 0.6) is 0 Å². The molecular formula is C21H22N4O3S. The fourth-order valence-electron chi connectivity index (χ4n) is 3.55. The van der Waals surface area contributed by atoms with Crippen LogP contribution in [-0.2, 0) is 27.6 Å². The second-order valence-corrected chi connectivity index (χ2v) is 9.27. The number of carbonyl (C=O) groups excluding carboxylic acids is 1. The second kappa shape index (κ2) is 7.46. The summed E-state index contributed by atoms with van der Waals surface area (Å²) in [6.45, 7) is 4.14. The van der Waals surface area contributed by atoms with Gasteiger partial charge in [0.1, 0.15) is 5.37 Å². The summed E-state index contributed by atoms with van der Waals surface area (Å²) in [6.07, 6.45) is 0.191. The van der Waals surface area contributed by atoms with Gasteiger partial charge in [-0.3, -0.25) is 15.2 Å². The zero-order valence-corrected chi connectivity index (χ0v) is 17.0. The molecule has 0 saturated carbocycles. The highest BCUT2D eigenvalue weighted by molar-refractivity contribution is 7.91. The largest absolute Gasteiger partial charge is 0.309 e. The van der Waals surface area contributed by atoms with E-state index >= 15 is 0 Å². The number of hydrogen-bond donors (Lipinski definition) is 3. The Morgan fingerprint density at radius 2 is 1.97 bits per heavy atom. The van der Waals surface area contributed by atoms with Crippen molar-refractivity contribution in [1.82, 2.24) is 15.5 Å². The Balaban J connectivity index is 1.60. The molecule has 0 saturated heterocycles. The van der Waals surface area contributed by atoms with Gasteiger partial charge in [-0.1, -0.05) is 36.4 Å². The van der Waals surface area contributed by atoms with Crippen molar-refractivity contribution in [3.05, 3.63) is 76.5 Å². The SMILES string of the molecule is Cc1cccc(S(=O)(=O)C2NCc3[nH]nc(NC(=O)Cc4ccccc4C)c32)c1. The molecule has 2 aromatic carbocycles. The smallest absolute Gasteiger partial charge is 0.230 e. The average molecular weight is 410 g/mol. The van der Waals surface area contributed by atoms with Gasteiger partial charge < -0.3 is 5.32 Å².